The van der Waals surface area contributed by atoms with E-state index in [1.165, 1.54) is 0 Å². The average molecular weight is 140 g/mol. The average Bonchev–Trinajstić information content (AvgIpc) is 1.94. The third kappa shape index (κ3) is 1.59. The molecule has 1 heterocycles. The molecule has 0 aliphatic carbocycles. The first-order valence-electron chi connectivity index (χ1n) is 3.33. The summed E-state index contributed by atoms with van der Waals surface area (Å²) in [5, 5.41) is 10.2. The highest BCUT2D eigenvalue weighted by Crippen LogP contribution is 2.05. The van der Waals surface area contributed by atoms with Crippen LogP contribution in [0.5, 0.6) is 0 Å². The van der Waals surface area contributed by atoms with Crippen molar-refractivity contribution in [2.75, 3.05) is 6.61 Å². The third-order valence-corrected chi connectivity index (χ3v) is 1.51. The summed E-state index contributed by atoms with van der Waals surface area (Å²) in [5.41, 5.74) is 0. The van der Waals surface area contributed by atoms with Gasteiger partial charge in [0.15, 0.2) is 0 Å². The fourth-order valence-corrected chi connectivity index (χ4v) is 0.929. The lowest BCUT2D eigenvalue weighted by atomic mass is 10.1. The monoisotopic (exact) mass is 140 g/mol. The Balaban J connectivity index is 2.44. The van der Waals surface area contributed by atoms with E-state index in [-0.39, 0.29) is 12.6 Å². The van der Waals surface area contributed by atoms with Crippen LogP contribution < -0.4 is 5.84 Å². The molecule has 3 heteroatoms. The van der Waals surface area contributed by atoms with Gasteiger partial charge in [-0.3, -0.25) is 0 Å². The quantitative estimate of drug-likeness (QED) is 0.531. The minimum absolute atomic E-state index is 0.162. The second kappa shape index (κ2) is 3.39. The summed E-state index contributed by atoms with van der Waals surface area (Å²) in [5.74, 6) is 5.55. The van der Waals surface area contributed by atoms with E-state index in [0.717, 1.165) is 0 Å². The number of nitrogens with zero attached hydrogens (tertiary/aromatic N) is 1. The Morgan fingerprint density at radius 2 is 2.30 bits per heavy atom. The lowest BCUT2D eigenvalue weighted by Crippen LogP contribution is -2.36. The number of allylic oxidation sites excluding steroid dienone is 2. The van der Waals surface area contributed by atoms with Crippen molar-refractivity contribution in [1.29, 1.82) is 0 Å². The molecule has 0 aromatic carbocycles. The maximum Gasteiger partial charge on any atom is 0.0650 e. The number of aliphatic hydroxyl groups is 1. The Kier molecular flexibility index (Phi) is 2.48. The molecule has 0 fully saturated rings. The number of hydrazine groups is 1. The summed E-state index contributed by atoms with van der Waals surface area (Å²) in [7, 11) is 0. The third-order valence-electron chi connectivity index (χ3n) is 1.51. The van der Waals surface area contributed by atoms with Gasteiger partial charge in [0, 0.05) is 12.8 Å². The van der Waals surface area contributed by atoms with Crippen LogP contribution in [0, 0.1) is 0 Å². The fourth-order valence-electron chi connectivity index (χ4n) is 0.929. The maximum atomic E-state index is 8.60. The van der Waals surface area contributed by atoms with Gasteiger partial charge in [0.1, 0.15) is 0 Å². The first kappa shape index (κ1) is 7.31. The first-order valence-corrected chi connectivity index (χ1v) is 3.33. The van der Waals surface area contributed by atoms with Gasteiger partial charge in [-0.2, -0.15) is 0 Å². The topological polar surface area (TPSA) is 49.5 Å². The number of aliphatic hydroxyl groups excluding tert-OH is 1. The van der Waals surface area contributed by atoms with Gasteiger partial charge in [0.25, 0.3) is 0 Å². The molecule has 0 aromatic heterocycles. The van der Waals surface area contributed by atoms with Crippen LogP contribution in [-0.4, -0.2) is 22.8 Å². The normalized spacial score (nSPS) is 23.8. The Hall–Kier alpha value is -0.800. The molecule has 1 rings (SSSR count). The predicted molar refractivity (Wildman–Crippen MR) is 39.8 cm³/mol. The van der Waals surface area contributed by atoms with E-state index in [1.54, 1.807) is 11.2 Å². The van der Waals surface area contributed by atoms with E-state index in [4.69, 9.17) is 10.9 Å². The van der Waals surface area contributed by atoms with E-state index in [0.29, 0.717) is 6.42 Å². The molecule has 10 heavy (non-hydrogen) atoms. The van der Waals surface area contributed by atoms with Crippen molar-refractivity contribution in [3.05, 3.63) is 24.4 Å². The van der Waals surface area contributed by atoms with Gasteiger partial charge < -0.3 is 10.1 Å². The number of hydrogen-bond acceptors (Lipinski definition) is 3. The first-order chi connectivity index (χ1) is 4.84. The van der Waals surface area contributed by atoms with Crippen molar-refractivity contribution in [2.24, 2.45) is 5.84 Å². The molecule has 0 bridgehead atoms. The Labute approximate surface area is 60.4 Å². The van der Waals surface area contributed by atoms with E-state index in [2.05, 4.69) is 0 Å². The molecule has 3 nitrogen and oxygen atoms in total. The molecule has 0 radical (unpaired) electrons. The van der Waals surface area contributed by atoms with Gasteiger partial charge in [-0.25, -0.2) is 5.84 Å². The van der Waals surface area contributed by atoms with Gasteiger partial charge in [-0.1, -0.05) is 12.2 Å². The standard InChI is InChI=1S/C7H12N2O/c8-9-5-2-1-3-7(9)4-6-10/h1-3,5,7,10H,4,6,8H2/t7-/m1/s1. The van der Waals surface area contributed by atoms with Gasteiger partial charge in [-0.05, 0) is 12.5 Å². The molecule has 0 amide bonds. The highest BCUT2D eigenvalue weighted by Gasteiger charge is 2.08. The summed E-state index contributed by atoms with van der Waals surface area (Å²) in [6.45, 7) is 0.177. The molecular weight excluding hydrogens is 128 g/mol. The second-order valence-corrected chi connectivity index (χ2v) is 2.25. The molecule has 0 spiro atoms. The number of hydrogen-bond donors (Lipinski definition) is 2. The minimum Gasteiger partial charge on any atom is -0.396 e. The Morgan fingerprint density at radius 1 is 1.50 bits per heavy atom. The van der Waals surface area contributed by atoms with Crippen molar-refractivity contribution in [2.45, 2.75) is 12.5 Å². The van der Waals surface area contributed by atoms with Gasteiger partial charge in [0.2, 0.25) is 0 Å². The smallest absolute Gasteiger partial charge is 0.0650 e. The van der Waals surface area contributed by atoms with Gasteiger partial charge in [0.05, 0.1) is 6.04 Å². The molecule has 0 unspecified atom stereocenters. The van der Waals surface area contributed by atoms with Crippen LogP contribution in [0.4, 0.5) is 0 Å². The zero-order valence-electron chi connectivity index (χ0n) is 5.77. The Morgan fingerprint density at radius 3 is 2.90 bits per heavy atom. The summed E-state index contributed by atoms with van der Waals surface area (Å²) in [4.78, 5) is 0. The van der Waals surface area contributed by atoms with E-state index < -0.39 is 0 Å². The largest absolute Gasteiger partial charge is 0.396 e. The number of rotatable bonds is 2. The van der Waals surface area contributed by atoms with E-state index in [1.807, 2.05) is 18.2 Å². The summed E-state index contributed by atoms with van der Waals surface area (Å²) < 4.78 is 0. The molecule has 3 N–H and O–H groups in total. The zero-order chi connectivity index (χ0) is 7.40. The zero-order valence-corrected chi connectivity index (χ0v) is 5.77. The fraction of sp³-hybridized carbons (Fsp3) is 0.429. The maximum absolute atomic E-state index is 8.60. The predicted octanol–water partition coefficient (Wildman–Crippen LogP) is -0.00340. The van der Waals surface area contributed by atoms with Crippen LogP contribution in [0.3, 0.4) is 0 Å². The molecule has 1 atom stereocenters. The van der Waals surface area contributed by atoms with Crippen LogP contribution in [0.2, 0.25) is 0 Å². The summed E-state index contributed by atoms with van der Waals surface area (Å²) in [6, 6.07) is 0.162. The highest BCUT2D eigenvalue weighted by molar-refractivity contribution is 5.11. The lowest BCUT2D eigenvalue weighted by molar-refractivity contribution is 0.229. The minimum atomic E-state index is 0.162. The van der Waals surface area contributed by atoms with Crippen LogP contribution in [0.15, 0.2) is 24.4 Å². The van der Waals surface area contributed by atoms with Crippen molar-refractivity contribution < 1.29 is 5.11 Å². The summed E-state index contributed by atoms with van der Waals surface area (Å²) >= 11 is 0. The molecule has 0 aromatic rings. The molecule has 56 valence electrons. The van der Waals surface area contributed by atoms with Crippen molar-refractivity contribution in [1.82, 2.24) is 5.01 Å². The van der Waals surface area contributed by atoms with Crippen LogP contribution in [0.1, 0.15) is 6.42 Å². The Bertz CT molecular complexity index is 154. The van der Waals surface area contributed by atoms with E-state index in [9.17, 15) is 0 Å². The SMILES string of the molecule is NN1C=CC=C[C@@H]1CCO. The van der Waals surface area contributed by atoms with Crippen LogP contribution in [0.25, 0.3) is 0 Å². The lowest BCUT2D eigenvalue weighted by Gasteiger charge is -2.24. The molecule has 0 saturated carbocycles. The van der Waals surface area contributed by atoms with Crippen molar-refractivity contribution in [3.63, 3.8) is 0 Å². The molecular formula is C7H12N2O. The second-order valence-electron chi connectivity index (χ2n) is 2.25. The highest BCUT2D eigenvalue weighted by atomic mass is 16.3. The number of nitrogens with two attached hydrogens (primary N) is 1. The van der Waals surface area contributed by atoms with Crippen molar-refractivity contribution in [3.8, 4) is 0 Å². The van der Waals surface area contributed by atoms with Crippen molar-refractivity contribution >= 4 is 0 Å². The molecule has 0 saturated heterocycles. The molecule has 1 aliphatic rings. The molecule has 1 aliphatic heterocycles. The van der Waals surface area contributed by atoms with Crippen LogP contribution in [-0.2, 0) is 0 Å². The van der Waals surface area contributed by atoms with Gasteiger partial charge >= 0.3 is 0 Å². The van der Waals surface area contributed by atoms with E-state index >= 15 is 0 Å². The summed E-state index contributed by atoms with van der Waals surface area (Å²) in [6.07, 6.45) is 8.26. The van der Waals surface area contributed by atoms with Gasteiger partial charge in [-0.15, -0.1) is 0 Å². The van der Waals surface area contributed by atoms with Crippen LogP contribution >= 0.6 is 0 Å².